The molecule has 0 radical (unpaired) electrons. The third-order valence-electron chi connectivity index (χ3n) is 1.46. The third-order valence-corrected chi connectivity index (χ3v) is 1.83. The summed E-state index contributed by atoms with van der Waals surface area (Å²) in [6, 6.07) is 3.81. The van der Waals surface area contributed by atoms with Crippen LogP contribution < -0.4 is 5.32 Å². The Morgan fingerprint density at radius 1 is 1.58 bits per heavy atom. The first-order valence-electron chi connectivity index (χ1n) is 4.08. The summed E-state index contributed by atoms with van der Waals surface area (Å²) in [7, 11) is 0. The second-order valence-electron chi connectivity index (χ2n) is 3.15. The Hall–Kier alpha value is -0.700. The van der Waals surface area contributed by atoms with Crippen LogP contribution >= 0.6 is 12.6 Å². The molecule has 0 fully saturated rings. The van der Waals surface area contributed by atoms with Crippen molar-refractivity contribution in [3.63, 3.8) is 0 Å². The second-order valence-corrected chi connectivity index (χ2v) is 3.63. The summed E-state index contributed by atoms with van der Waals surface area (Å²) in [6.45, 7) is 5.26. The molecule has 0 spiro atoms. The van der Waals surface area contributed by atoms with Gasteiger partial charge in [-0.15, -0.1) is 12.6 Å². The predicted molar refractivity (Wildman–Crippen MR) is 54.8 cm³/mol. The molecule has 12 heavy (non-hydrogen) atoms. The molecular weight excluding hydrogens is 168 g/mol. The zero-order chi connectivity index (χ0) is 8.97. The van der Waals surface area contributed by atoms with E-state index in [0.717, 1.165) is 17.3 Å². The van der Waals surface area contributed by atoms with E-state index in [-0.39, 0.29) is 0 Å². The maximum atomic E-state index is 4.28. The van der Waals surface area contributed by atoms with Gasteiger partial charge in [-0.1, -0.05) is 13.8 Å². The topological polar surface area (TPSA) is 24.9 Å². The molecule has 0 aliphatic carbocycles. The van der Waals surface area contributed by atoms with Crippen molar-refractivity contribution < 1.29 is 0 Å². The molecule has 0 unspecified atom stereocenters. The Morgan fingerprint density at radius 2 is 2.33 bits per heavy atom. The number of nitrogens with zero attached hydrogens (tertiary/aromatic N) is 1. The van der Waals surface area contributed by atoms with E-state index < -0.39 is 0 Å². The van der Waals surface area contributed by atoms with Crippen LogP contribution in [0.3, 0.4) is 0 Å². The number of anilines is 1. The molecule has 66 valence electrons. The molecular formula is C9H14N2S. The van der Waals surface area contributed by atoms with Crippen LogP contribution in [0.1, 0.15) is 13.8 Å². The number of pyridine rings is 1. The molecule has 1 aromatic rings. The molecule has 0 saturated heterocycles. The number of aromatic nitrogens is 1. The van der Waals surface area contributed by atoms with Crippen LogP contribution in [0.15, 0.2) is 23.2 Å². The van der Waals surface area contributed by atoms with Gasteiger partial charge >= 0.3 is 0 Å². The second kappa shape index (κ2) is 4.36. The average molecular weight is 182 g/mol. The number of thiol groups is 1. The van der Waals surface area contributed by atoms with E-state index in [2.05, 4.69) is 36.8 Å². The molecule has 2 nitrogen and oxygen atoms in total. The first kappa shape index (κ1) is 9.39. The Bertz CT molecular complexity index is 248. The molecule has 1 N–H and O–H groups in total. The summed E-state index contributed by atoms with van der Waals surface area (Å²) in [5.41, 5.74) is 0. The fraction of sp³-hybridized carbons (Fsp3) is 0.444. The Morgan fingerprint density at radius 3 is 2.92 bits per heavy atom. The van der Waals surface area contributed by atoms with Gasteiger partial charge in [-0.3, -0.25) is 0 Å². The van der Waals surface area contributed by atoms with Crippen LogP contribution in [0.2, 0.25) is 0 Å². The van der Waals surface area contributed by atoms with E-state index in [0.29, 0.717) is 5.92 Å². The van der Waals surface area contributed by atoms with E-state index >= 15 is 0 Å². The minimum absolute atomic E-state index is 0.625. The highest BCUT2D eigenvalue weighted by molar-refractivity contribution is 7.80. The zero-order valence-electron chi connectivity index (χ0n) is 7.41. The summed E-state index contributed by atoms with van der Waals surface area (Å²) in [5.74, 6) is 1.49. The smallest absolute Gasteiger partial charge is 0.139 e. The lowest BCUT2D eigenvalue weighted by molar-refractivity contribution is 0.686. The minimum Gasteiger partial charge on any atom is -0.369 e. The maximum absolute atomic E-state index is 4.28. The average Bonchev–Trinajstić information content (AvgIpc) is 2.03. The highest BCUT2D eigenvalue weighted by Gasteiger charge is 1.98. The van der Waals surface area contributed by atoms with Gasteiger partial charge in [0.2, 0.25) is 0 Å². The Balaban J connectivity index is 2.57. The van der Waals surface area contributed by atoms with Crippen LogP contribution in [0.25, 0.3) is 0 Å². The van der Waals surface area contributed by atoms with E-state index in [1.54, 1.807) is 6.20 Å². The highest BCUT2D eigenvalue weighted by Crippen LogP contribution is 2.15. The summed E-state index contributed by atoms with van der Waals surface area (Å²) >= 11 is 4.28. The van der Waals surface area contributed by atoms with Crippen molar-refractivity contribution in [1.29, 1.82) is 0 Å². The first-order chi connectivity index (χ1) is 5.70. The van der Waals surface area contributed by atoms with Crippen molar-refractivity contribution in [2.45, 2.75) is 18.7 Å². The molecule has 1 rings (SSSR count). The molecule has 0 bridgehead atoms. The molecule has 1 aromatic heterocycles. The van der Waals surface area contributed by atoms with Gasteiger partial charge in [-0.2, -0.15) is 0 Å². The Labute approximate surface area is 78.8 Å². The molecule has 0 amide bonds. The van der Waals surface area contributed by atoms with Gasteiger partial charge in [-0.05, 0) is 18.1 Å². The van der Waals surface area contributed by atoms with Gasteiger partial charge in [0, 0.05) is 17.6 Å². The molecule has 0 atom stereocenters. The molecule has 0 aromatic carbocycles. The lowest BCUT2D eigenvalue weighted by Gasteiger charge is -2.08. The Kier molecular flexibility index (Phi) is 3.41. The number of rotatable bonds is 3. The lowest BCUT2D eigenvalue weighted by atomic mass is 10.2. The lowest BCUT2D eigenvalue weighted by Crippen LogP contribution is -2.09. The fourth-order valence-electron chi connectivity index (χ4n) is 0.834. The molecule has 0 aliphatic rings. The molecule has 1 heterocycles. The van der Waals surface area contributed by atoms with Gasteiger partial charge in [-0.25, -0.2) is 4.98 Å². The van der Waals surface area contributed by atoms with Crippen LogP contribution in [0, 0.1) is 5.92 Å². The van der Waals surface area contributed by atoms with E-state index in [9.17, 15) is 0 Å². The SMILES string of the molecule is CC(C)CNc1ncccc1S. The van der Waals surface area contributed by atoms with E-state index in [1.165, 1.54) is 0 Å². The third kappa shape index (κ3) is 2.74. The highest BCUT2D eigenvalue weighted by atomic mass is 32.1. The van der Waals surface area contributed by atoms with Crippen LogP contribution in [-0.4, -0.2) is 11.5 Å². The molecule has 0 aliphatic heterocycles. The predicted octanol–water partition coefficient (Wildman–Crippen LogP) is 2.44. The van der Waals surface area contributed by atoms with Crippen molar-refractivity contribution in [3.8, 4) is 0 Å². The number of hydrogen-bond acceptors (Lipinski definition) is 3. The standard InChI is InChI=1S/C9H14N2S/c1-7(2)6-11-9-8(12)4-3-5-10-9/h3-5,7,12H,6H2,1-2H3,(H,10,11). The first-order valence-corrected chi connectivity index (χ1v) is 4.52. The van der Waals surface area contributed by atoms with Gasteiger partial charge in [0.15, 0.2) is 0 Å². The van der Waals surface area contributed by atoms with Crippen molar-refractivity contribution in [1.82, 2.24) is 4.98 Å². The zero-order valence-corrected chi connectivity index (χ0v) is 8.31. The van der Waals surface area contributed by atoms with Gasteiger partial charge < -0.3 is 5.32 Å². The molecule has 3 heteroatoms. The normalized spacial score (nSPS) is 10.3. The van der Waals surface area contributed by atoms with Crippen molar-refractivity contribution in [2.75, 3.05) is 11.9 Å². The summed E-state index contributed by atoms with van der Waals surface area (Å²) in [5, 5.41) is 3.22. The fourth-order valence-corrected chi connectivity index (χ4v) is 1.06. The maximum Gasteiger partial charge on any atom is 0.139 e. The van der Waals surface area contributed by atoms with Crippen molar-refractivity contribution in [2.24, 2.45) is 5.92 Å². The number of nitrogens with one attached hydrogen (secondary N) is 1. The van der Waals surface area contributed by atoms with Crippen molar-refractivity contribution in [3.05, 3.63) is 18.3 Å². The minimum atomic E-state index is 0.625. The van der Waals surface area contributed by atoms with Gasteiger partial charge in [0.1, 0.15) is 5.82 Å². The largest absolute Gasteiger partial charge is 0.369 e. The van der Waals surface area contributed by atoms with Gasteiger partial charge in [0.05, 0.1) is 0 Å². The summed E-state index contributed by atoms with van der Waals surface area (Å²) in [6.07, 6.45) is 1.77. The van der Waals surface area contributed by atoms with Crippen LogP contribution in [-0.2, 0) is 0 Å². The summed E-state index contributed by atoms with van der Waals surface area (Å²) < 4.78 is 0. The van der Waals surface area contributed by atoms with Crippen molar-refractivity contribution >= 4 is 18.4 Å². The van der Waals surface area contributed by atoms with Crippen LogP contribution in [0.5, 0.6) is 0 Å². The quantitative estimate of drug-likeness (QED) is 0.702. The number of hydrogen-bond donors (Lipinski definition) is 2. The summed E-state index contributed by atoms with van der Waals surface area (Å²) in [4.78, 5) is 5.06. The van der Waals surface area contributed by atoms with Gasteiger partial charge in [0.25, 0.3) is 0 Å². The molecule has 0 saturated carbocycles. The van der Waals surface area contributed by atoms with E-state index in [1.807, 2.05) is 12.1 Å². The monoisotopic (exact) mass is 182 g/mol. The van der Waals surface area contributed by atoms with Crippen LogP contribution in [0.4, 0.5) is 5.82 Å². The van der Waals surface area contributed by atoms with E-state index in [4.69, 9.17) is 0 Å².